The Balaban J connectivity index is 1.98. The molecule has 1 aromatic rings. The van der Waals surface area contributed by atoms with Gasteiger partial charge in [-0.05, 0) is 18.9 Å². The molecule has 0 amide bonds. The second kappa shape index (κ2) is 3.24. The van der Waals surface area contributed by atoms with Crippen LogP contribution in [0.25, 0.3) is 0 Å². The first kappa shape index (κ1) is 9.70. The van der Waals surface area contributed by atoms with Crippen molar-refractivity contribution in [3.63, 3.8) is 0 Å². The van der Waals surface area contributed by atoms with Gasteiger partial charge in [-0.15, -0.1) is 0 Å². The molecule has 0 radical (unpaired) electrons. The minimum atomic E-state index is -0.0864. The number of ether oxygens (including phenoxy) is 2. The number of esters is 1. The molecule has 1 aliphatic heterocycles. The molecule has 0 aromatic heterocycles. The maximum absolute atomic E-state index is 11.6. The molecule has 2 unspecified atom stereocenters. The van der Waals surface area contributed by atoms with Crippen LogP contribution in [0.4, 0.5) is 0 Å². The third-order valence-electron chi connectivity index (χ3n) is 3.79. The summed E-state index contributed by atoms with van der Waals surface area (Å²) in [4.78, 5) is 11.6. The lowest BCUT2D eigenvalue weighted by Crippen LogP contribution is -2.24. The van der Waals surface area contributed by atoms with Crippen molar-refractivity contribution in [2.24, 2.45) is 5.92 Å². The number of fused-ring (bicyclic) bond motifs is 2. The Morgan fingerprint density at radius 1 is 1.50 bits per heavy atom. The van der Waals surface area contributed by atoms with Gasteiger partial charge < -0.3 is 9.47 Å². The standard InChI is InChI=1S/C13H14O3/c1-15-12(14)10-8-13(10)6-7-16-11-5-3-2-4-9(11)13/h2-5,10H,6-8H2,1H3. The van der Waals surface area contributed by atoms with Gasteiger partial charge in [-0.3, -0.25) is 4.79 Å². The number of benzene rings is 1. The monoisotopic (exact) mass is 218 g/mol. The highest BCUT2D eigenvalue weighted by molar-refractivity contribution is 5.79. The Labute approximate surface area is 94.4 Å². The Morgan fingerprint density at radius 3 is 3.12 bits per heavy atom. The van der Waals surface area contributed by atoms with Crippen molar-refractivity contribution in [2.75, 3.05) is 13.7 Å². The highest BCUT2D eigenvalue weighted by atomic mass is 16.5. The maximum Gasteiger partial charge on any atom is 0.309 e. The molecule has 16 heavy (non-hydrogen) atoms. The Bertz CT molecular complexity index is 441. The lowest BCUT2D eigenvalue weighted by atomic mass is 9.87. The highest BCUT2D eigenvalue weighted by Crippen LogP contribution is 2.60. The van der Waals surface area contributed by atoms with Crippen LogP contribution in [0.2, 0.25) is 0 Å². The molecule has 3 rings (SSSR count). The number of carbonyl (C=O) groups is 1. The van der Waals surface area contributed by atoms with Crippen LogP contribution in [0.5, 0.6) is 5.75 Å². The summed E-state index contributed by atoms with van der Waals surface area (Å²) < 4.78 is 10.4. The van der Waals surface area contributed by atoms with E-state index in [0.29, 0.717) is 6.61 Å². The van der Waals surface area contributed by atoms with Gasteiger partial charge in [0.1, 0.15) is 5.75 Å². The van der Waals surface area contributed by atoms with Crippen molar-refractivity contribution in [1.29, 1.82) is 0 Å². The van der Waals surface area contributed by atoms with Crippen LogP contribution < -0.4 is 4.74 Å². The molecular weight excluding hydrogens is 204 g/mol. The zero-order valence-corrected chi connectivity index (χ0v) is 9.23. The molecule has 2 atom stereocenters. The lowest BCUT2D eigenvalue weighted by molar-refractivity contribution is -0.142. The molecule has 2 aliphatic rings. The van der Waals surface area contributed by atoms with Gasteiger partial charge >= 0.3 is 5.97 Å². The van der Waals surface area contributed by atoms with Crippen molar-refractivity contribution in [3.8, 4) is 5.75 Å². The summed E-state index contributed by atoms with van der Waals surface area (Å²) in [5.41, 5.74) is 1.18. The molecule has 1 fully saturated rings. The van der Waals surface area contributed by atoms with Gasteiger partial charge in [0.2, 0.25) is 0 Å². The quantitative estimate of drug-likeness (QED) is 0.675. The smallest absolute Gasteiger partial charge is 0.309 e. The molecule has 1 heterocycles. The van der Waals surface area contributed by atoms with Crippen molar-refractivity contribution in [2.45, 2.75) is 18.3 Å². The molecule has 3 nitrogen and oxygen atoms in total. The summed E-state index contributed by atoms with van der Waals surface area (Å²) >= 11 is 0. The average molecular weight is 218 g/mol. The van der Waals surface area contributed by atoms with Crippen LogP contribution in [-0.4, -0.2) is 19.7 Å². The molecule has 1 spiro atoms. The van der Waals surface area contributed by atoms with Crippen LogP contribution in [0.3, 0.4) is 0 Å². The molecule has 0 N–H and O–H groups in total. The predicted molar refractivity (Wildman–Crippen MR) is 58.4 cm³/mol. The zero-order chi connectivity index (χ0) is 11.2. The number of hydrogen-bond acceptors (Lipinski definition) is 3. The minimum Gasteiger partial charge on any atom is -0.493 e. The molecule has 0 bridgehead atoms. The first-order chi connectivity index (χ1) is 7.78. The summed E-state index contributed by atoms with van der Waals surface area (Å²) in [6, 6.07) is 8.01. The van der Waals surface area contributed by atoms with Crippen LogP contribution in [-0.2, 0) is 14.9 Å². The normalized spacial score (nSPS) is 30.4. The summed E-state index contributed by atoms with van der Waals surface area (Å²) in [7, 11) is 1.46. The van der Waals surface area contributed by atoms with Crippen molar-refractivity contribution >= 4 is 5.97 Å². The molecule has 0 saturated heterocycles. The van der Waals surface area contributed by atoms with E-state index in [1.807, 2.05) is 18.2 Å². The molecule has 84 valence electrons. The van der Waals surface area contributed by atoms with Gasteiger partial charge in [0, 0.05) is 11.0 Å². The van der Waals surface area contributed by atoms with E-state index in [0.717, 1.165) is 18.6 Å². The second-order valence-corrected chi connectivity index (χ2v) is 4.53. The van der Waals surface area contributed by atoms with Gasteiger partial charge in [-0.25, -0.2) is 0 Å². The highest BCUT2D eigenvalue weighted by Gasteiger charge is 2.61. The fourth-order valence-electron chi connectivity index (χ4n) is 2.81. The number of hydrogen-bond donors (Lipinski definition) is 0. The minimum absolute atomic E-state index is 0.00192. The average Bonchev–Trinajstić information content (AvgIpc) is 3.04. The summed E-state index contributed by atoms with van der Waals surface area (Å²) in [6.45, 7) is 0.699. The summed E-state index contributed by atoms with van der Waals surface area (Å²) in [6.07, 6.45) is 1.82. The predicted octanol–water partition coefficient (Wildman–Crippen LogP) is 1.90. The third kappa shape index (κ3) is 1.17. The summed E-state index contributed by atoms with van der Waals surface area (Å²) in [5.74, 6) is 0.874. The SMILES string of the molecule is COC(=O)C1CC12CCOc1ccccc12. The summed E-state index contributed by atoms with van der Waals surface area (Å²) in [5, 5.41) is 0. The first-order valence-electron chi connectivity index (χ1n) is 5.58. The Morgan fingerprint density at radius 2 is 2.31 bits per heavy atom. The molecule has 1 aliphatic carbocycles. The number of rotatable bonds is 1. The molecule has 1 aromatic carbocycles. The number of methoxy groups -OCH3 is 1. The molecule has 3 heteroatoms. The lowest BCUT2D eigenvalue weighted by Gasteiger charge is -2.26. The zero-order valence-electron chi connectivity index (χ0n) is 9.23. The molecular formula is C13H14O3. The van der Waals surface area contributed by atoms with Gasteiger partial charge in [-0.2, -0.15) is 0 Å². The van der Waals surface area contributed by atoms with Gasteiger partial charge in [0.15, 0.2) is 0 Å². The van der Waals surface area contributed by atoms with Crippen LogP contribution in [0, 0.1) is 5.92 Å². The van der Waals surface area contributed by atoms with Crippen LogP contribution in [0.15, 0.2) is 24.3 Å². The van der Waals surface area contributed by atoms with E-state index in [2.05, 4.69) is 6.07 Å². The van der Waals surface area contributed by atoms with Crippen molar-refractivity contribution in [3.05, 3.63) is 29.8 Å². The van der Waals surface area contributed by atoms with Crippen LogP contribution in [0.1, 0.15) is 18.4 Å². The number of carbonyl (C=O) groups excluding carboxylic acids is 1. The van der Waals surface area contributed by atoms with Crippen LogP contribution >= 0.6 is 0 Å². The Hall–Kier alpha value is -1.51. The largest absolute Gasteiger partial charge is 0.493 e. The topological polar surface area (TPSA) is 35.5 Å². The van der Waals surface area contributed by atoms with E-state index in [1.165, 1.54) is 12.7 Å². The van der Waals surface area contributed by atoms with Crippen molar-refractivity contribution < 1.29 is 14.3 Å². The van der Waals surface area contributed by atoms with Gasteiger partial charge in [0.05, 0.1) is 19.6 Å². The van der Waals surface area contributed by atoms with E-state index >= 15 is 0 Å². The van der Waals surface area contributed by atoms with E-state index < -0.39 is 0 Å². The molecule has 1 saturated carbocycles. The second-order valence-electron chi connectivity index (χ2n) is 4.53. The van der Waals surface area contributed by atoms with E-state index in [4.69, 9.17) is 9.47 Å². The first-order valence-corrected chi connectivity index (χ1v) is 5.58. The van der Waals surface area contributed by atoms with Gasteiger partial charge in [0.25, 0.3) is 0 Å². The number of para-hydroxylation sites is 1. The van der Waals surface area contributed by atoms with E-state index in [-0.39, 0.29) is 17.3 Å². The van der Waals surface area contributed by atoms with Gasteiger partial charge in [-0.1, -0.05) is 18.2 Å². The van der Waals surface area contributed by atoms with E-state index in [9.17, 15) is 4.79 Å². The van der Waals surface area contributed by atoms with Crippen molar-refractivity contribution in [1.82, 2.24) is 0 Å². The fraction of sp³-hybridized carbons (Fsp3) is 0.462. The Kier molecular flexibility index (Phi) is 1.96. The maximum atomic E-state index is 11.6. The van der Waals surface area contributed by atoms with E-state index in [1.54, 1.807) is 0 Å². The third-order valence-corrected chi connectivity index (χ3v) is 3.79. The fourth-order valence-corrected chi connectivity index (χ4v) is 2.81.